The highest BCUT2D eigenvalue weighted by Gasteiger charge is 2.30. The zero-order chi connectivity index (χ0) is 26.0. The Balaban J connectivity index is 1.85. The molecule has 0 saturated heterocycles. The van der Waals surface area contributed by atoms with E-state index in [-0.39, 0.29) is 11.6 Å². The van der Waals surface area contributed by atoms with Gasteiger partial charge in [-0.2, -0.15) is 5.26 Å². The van der Waals surface area contributed by atoms with E-state index in [4.69, 9.17) is 14.1 Å². The summed E-state index contributed by atoms with van der Waals surface area (Å²) in [4.78, 5) is 21.6. The van der Waals surface area contributed by atoms with Crippen LogP contribution in [0, 0.1) is 11.3 Å². The van der Waals surface area contributed by atoms with E-state index in [1.807, 2.05) is 19.9 Å². The molecule has 0 saturated carbocycles. The van der Waals surface area contributed by atoms with Gasteiger partial charge in [0, 0.05) is 43.1 Å². The summed E-state index contributed by atoms with van der Waals surface area (Å²) >= 11 is 0. The van der Waals surface area contributed by atoms with Crippen LogP contribution >= 0.6 is 0 Å². The lowest BCUT2D eigenvalue weighted by molar-refractivity contribution is -0.0404. The van der Waals surface area contributed by atoms with Gasteiger partial charge in [-0.05, 0) is 39.8 Å². The van der Waals surface area contributed by atoms with Crippen molar-refractivity contribution in [2.24, 2.45) is 0 Å². The molecule has 0 aliphatic rings. The minimum absolute atomic E-state index is 0.0185. The molecule has 0 radical (unpaired) electrons. The van der Waals surface area contributed by atoms with Gasteiger partial charge >= 0.3 is 0 Å². The third kappa shape index (κ3) is 4.86. The number of carbonyl (C=O) groups excluding carboxylic acids is 1. The molecule has 9 heteroatoms. The number of fused-ring (bicyclic) bond motifs is 1. The summed E-state index contributed by atoms with van der Waals surface area (Å²) in [5.41, 5.74) is 0.0804. The first-order valence-electron chi connectivity index (χ1n) is 11.6. The van der Waals surface area contributed by atoms with Gasteiger partial charge in [0.2, 0.25) is 0 Å². The highest BCUT2D eigenvalue weighted by molar-refractivity contribution is 5.99. The highest BCUT2D eigenvalue weighted by Crippen LogP contribution is 2.24. The first-order valence-corrected chi connectivity index (χ1v) is 10.1. The van der Waals surface area contributed by atoms with E-state index in [1.54, 1.807) is 22.9 Å². The molecule has 0 unspecified atom stereocenters. The molecular formula is C23H27FN6O2. The molecule has 1 amide bonds. The highest BCUT2D eigenvalue weighted by atomic mass is 19.1. The van der Waals surface area contributed by atoms with Crippen LogP contribution in [0.4, 0.5) is 10.1 Å². The lowest BCUT2D eigenvalue weighted by Crippen LogP contribution is -2.43. The third-order valence-electron chi connectivity index (χ3n) is 4.94. The number of hydrogen-bond donors (Lipinski definition) is 2. The van der Waals surface area contributed by atoms with Crippen molar-refractivity contribution in [3.8, 4) is 11.9 Å². The summed E-state index contributed by atoms with van der Waals surface area (Å²) in [6, 6.07) is 7.25. The van der Waals surface area contributed by atoms with E-state index in [0.29, 0.717) is 22.7 Å². The summed E-state index contributed by atoms with van der Waals surface area (Å²) in [6.45, 7) is 5.99. The quantitative estimate of drug-likeness (QED) is 0.553. The van der Waals surface area contributed by atoms with Crippen LogP contribution in [-0.4, -0.2) is 51.8 Å². The van der Waals surface area contributed by atoms with E-state index in [1.165, 1.54) is 26.2 Å². The summed E-state index contributed by atoms with van der Waals surface area (Å²) in [5.74, 6) is -0.0822. The third-order valence-corrected chi connectivity index (χ3v) is 4.94. The van der Waals surface area contributed by atoms with E-state index < -0.39 is 31.3 Å². The van der Waals surface area contributed by atoms with Crippen molar-refractivity contribution in [2.75, 3.05) is 18.9 Å². The summed E-state index contributed by atoms with van der Waals surface area (Å²) in [6.07, 6.45) is 2.85. The fourth-order valence-corrected chi connectivity index (χ4v) is 3.04. The maximum absolute atomic E-state index is 14.7. The van der Waals surface area contributed by atoms with Crippen LogP contribution in [0.1, 0.15) is 47.7 Å². The number of rotatable bonds is 8. The second kappa shape index (κ2) is 9.32. The molecule has 2 N–H and O–H groups in total. The number of carbonyl (C=O) groups is 1. The van der Waals surface area contributed by atoms with Crippen LogP contribution in [0.25, 0.3) is 16.9 Å². The molecule has 3 rings (SSSR count). The number of nitriles is 1. The molecule has 0 aliphatic carbocycles. The van der Waals surface area contributed by atoms with Gasteiger partial charge in [0.25, 0.3) is 5.91 Å². The normalized spacial score (nSPS) is 14.3. The molecule has 0 spiro atoms. The van der Waals surface area contributed by atoms with E-state index in [9.17, 15) is 9.18 Å². The van der Waals surface area contributed by atoms with Crippen LogP contribution in [0.15, 0.2) is 36.8 Å². The Morgan fingerprint density at radius 3 is 2.84 bits per heavy atom. The van der Waals surface area contributed by atoms with Gasteiger partial charge in [0.1, 0.15) is 23.7 Å². The average molecular weight is 442 g/mol. The Kier molecular flexibility index (Phi) is 5.59. The lowest BCUT2D eigenvalue weighted by Gasteiger charge is -2.27. The maximum atomic E-state index is 14.7. The first kappa shape index (κ1) is 19.2. The number of pyridine rings is 2. The van der Waals surface area contributed by atoms with Crippen LogP contribution in [0.3, 0.4) is 0 Å². The molecular weight excluding hydrogens is 411 g/mol. The van der Waals surface area contributed by atoms with E-state index in [2.05, 4.69) is 26.7 Å². The number of aromatic nitrogens is 3. The molecule has 0 bridgehead atoms. The van der Waals surface area contributed by atoms with Gasteiger partial charge in [-0.3, -0.25) is 9.36 Å². The zero-order valence-electron chi connectivity index (χ0n) is 21.3. The van der Waals surface area contributed by atoms with Crippen molar-refractivity contribution in [3.05, 3.63) is 47.9 Å². The molecule has 3 heterocycles. The van der Waals surface area contributed by atoms with Gasteiger partial charge in [-0.25, -0.2) is 14.4 Å². The molecule has 0 aliphatic heterocycles. The molecule has 8 nitrogen and oxygen atoms in total. The number of ether oxygens (including phenoxy) is 1. The Morgan fingerprint density at radius 2 is 2.16 bits per heavy atom. The maximum Gasteiger partial charge on any atom is 0.255 e. The lowest BCUT2D eigenvalue weighted by atomic mass is 10.0. The Bertz CT molecular complexity index is 1270. The number of halogens is 1. The number of hydrogen-bond acceptors (Lipinski definition) is 6. The Labute approximate surface area is 190 Å². The molecule has 32 heavy (non-hydrogen) atoms. The fourth-order valence-electron chi connectivity index (χ4n) is 3.04. The Morgan fingerprint density at radius 1 is 1.38 bits per heavy atom. The molecule has 168 valence electrons. The van der Waals surface area contributed by atoms with Crippen molar-refractivity contribution in [1.82, 2.24) is 19.9 Å². The van der Waals surface area contributed by atoms with Crippen LogP contribution in [-0.2, 0) is 4.74 Å². The minimum Gasteiger partial charge on any atom is -0.382 e. The number of anilines is 1. The monoisotopic (exact) mass is 441 g/mol. The molecule has 3 aromatic rings. The van der Waals surface area contributed by atoms with Crippen molar-refractivity contribution >= 4 is 22.6 Å². The summed E-state index contributed by atoms with van der Waals surface area (Å²) in [7, 11) is -2.76. The average Bonchev–Trinajstić information content (AvgIpc) is 3.18. The SMILES string of the molecule is [2H]C([2H])([2H])OC(C)(C)[C@H](F)CNC(=O)c1cnc(-n2ccc3cc(C#N)cnc32)cc1NC(C)C. The first-order chi connectivity index (χ1) is 16.3. The molecule has 3 aromatic heterocycles. The standard InChI is InChI=1S/C23H27FN6O2/c1-14(2)29-18-9-20(30-7-6-16-8-15(10-25)11-27-21(16)30)26-12-17(18)22(31)28-13-19(24)23(3,4)32-5/h6-9,11-12,14,19H,13H2,1-5H3,(H,26,29)(H,28,31)/t19-/m1/s1/i5D3. The van der Waals surface area contributed by atoms with Gasteiger partial charge in [-0.1, -0.05) is 0 Å². The molecule has 0 aromatic carbocycles. The minimum atomic E-state index is -2.76. The molecule has 0 fully saturated rings. The predicted octanol–water partition coefficient (Wildman–Crippen LogP) is 3.61. The van der Waals surface area contributed by atoms with E-state index >= 15 is 0 Å². The van der Waals surface area contributed by atoms with Gasteiger partial charge < -0.3 is 15.4 Å². The summed E-state index contributed by atoms with van der Waals surface area (Å²) in [5, 5.41) is 15.5. The zero-order valence-corrected chi connectivity index (χ0v) is 18.3. The van der Waals surface area contributed by atoms with Gasteiger partial charge in [0.05, 0.1) is 33.1 Å². The number of methoxy groups -OCH3 is 1. The van der Waals surface area contributed by atoms with Crippen LogP contribution in [0.5, 0.6) is 0 Å². The second-order valence-electron chi connectivity index (χ2n) is 8.20. The fraction of sp³-hybridized carbons (Fsp3) is 0.391. The predicted molar refractivity (Wildman–Crippen MR) is 121 cm³/mol. The number of alkyl halides is 1. The van der Waals surface area contributed by atoms with Crippen molar-refractivity contribution < 1.29 is 18.0 Å². The number of nitrogens with zero attached hydrogens (tertiary/aromatic N) is 4. The van der Waals surface area contributed by atoms with Gasteiger partial charge in [0.15, 0.2) is 0 Å². The van der Waals surface area contributed by atoms with Crippen LogP contribution < -0.4 is 10.6 Å². The number of nitrogens with one attached hydrogen (secondary N) is 2. The van der Waals surface area contributed by atoms with Gasteiger partial charge in [-0.15, -0.1) is 0 Å². The van der Waals surface area contributed by atoms with Crippen molar-refractivity contribution in [2.45, 2.75) is 45.5 Å². The topological polar surface area (TPSA) is 105 Å². The van der Waals surface area contributed by atoms with E-state index in [0.717, 1.165) is 5.39 Å². The molecule has 1 atom stereocenters. The largest absolute Gasteiger partial charge is 0.382 e. The Hall–Kier alpha value is -3.51. The smallest absolute Gasteiger partial charge is 0.255 e. The summed E-state index contributed by atoms with van der Waals surface area (Å²) < 4.78 is 42.8. The van der Waals surface area contributed by atoms with Crippen LogP contribution in [0.2, 0.25) is 0 Å². The number of amides is 1. The van der Waals surface area contributed by atoms with Crippen molar-refractivity contribution in [1.29, 1.82) is 5.26 Å². The second-order valence-corrected chi connectivity index (χ2v) is 8.20. The van der Waals surface area contributed by atoms with Crippen molar-refractivity contribution in [3.63, 3.8) is 0 Å².